The number of benzene rings is 2. The van der Waals surface area contributed by atoms with E-state index in [0.717, 1.165) is 22.2 Å². The van der Waals surface area contributed by atoms with Gasteiger partial charge in [0.15, 0.2) is 0 Å². The van der Waals surface area contributed by atoms with E-state index in [1.165, 1.54) is 18.5 Å². The van der Waals surface area contributed by atoms with E-state index in [4.69, 9.17) is 5.73 Å². The molecule has 0 spiro atoms. The second-order valence-corrected chi connectivity index (χ2v) is 5.66. The first-order valence-corrected chi connectivity index (χ1v) is 7.72. The number of hydrogen-bond donors (Lipinski definition) is 2. The molecule has 7 heteroatoms. The number of rotatable bonds is 4. The Morgan fingerprint density at radius 2 is 1.88 bits per heavy atom. The van der Waals surface area contributed by atoms with E-state index in [1.807, 2.05) is 22.9 Å². The lowest BCUT2D eigenvalue weighted by Gasteiger charge is -2.07. The number of nitrogens with two attached hydrogens (primary N) is 1. The highest BCUT2D eigenvalue weighted by molar-refractivity contribution is 5.83. The molecule has 0 atom stereocenters. The van der Waals surface area contributed by atoms with E-state index in [1.54, 1.807) is 24.4 Å². The highest BCUT2D eigenvalue weighted by Crippen LogP contribution is 2.22. The van der Waals surface area contributed by atoms with Crippen LogP contribution in [-0.4, -0.2) is 19.7 Å². The molecule has 0 saturated carbocycles. The Morgan fingerprint density at radius 3 is 2.68 bits per heavy atom. The van der Waals surface area contributed by atoms with Crippen molar-refractivity contribution in [2.75, 3.05) is 11.1 Å². The van der Waals surface area contributed by atoms with Crippen LogP contribution in [0.15, 0.2) is 61.1 Å². The van der Waals surface area contributed by atoms with Crippen molar-refractivity contribution >= 4 is 28.2 Å². The zero-order valence-corrected chi connectivity index (χ0v) is 13.2. The molecular formula is C18H15FN6. The van der Waals surface area contributed by atoms with Crippen molar-refractivity contribution in [1.29, 1.82) is 0 Å². The summed E-state index contributed by atoms with van der Waals surface area (Å²) in [4.78, 5) is 8.00. The van der Waals surface area contributed by atoms with Gasteiger partial charge in [0.1, 0.15) is 23.8 Å². The van der Waals surface area contributed by atoms with Crippen LogP contribution in [0.2, 0.25) is 0 Å². The van der Waals surface area contributed by atoms with E-state index < -0.39 is 0 Å². The zero-order valence-electron chi connectivity index (χ0n) is 13.2. The predicted octanol–water partition coefficient (Wildman–Crippen LogP) is 3.34. The summed E-state index contributed by atoms with van der Waals surface area (Å²) < 4.78 is 14.9. The van der Waals surface area contributed by atoms with Crippen LogP contribution >= 0.6 is 0 Å². The van der Waals surface area contributed by atoms with E-state index >= 15 is 0 Å². The minimum Gasteiger partial charge on any atom is -0.384 e. The molecule has 0 aliphatic heterocycles. The third-order valence-corrected chi connectivity index (χ3v) is 3.85. The van der Waals surface area contributed by atoms with Gasteiger partial charge in [-0.05, 0) is 35.9 Å². The SMILES string of the molecule is Nc1cc(Nc2ccc3c(cnn3Cc3ccc(F)cc3)c2)ncn1. The quantitative estimate of drug-likeness (QED) is 0.598. The predicted molar refractivity (Wildman–Crippen MR) is 95.0 cm³/mol. The maximum absolute atomic E-state index is 13.0. The van der Waals surface area contributed by atoms with Gasteiger partial charge in [-0.3, -0.25) is 4.68 Å². The number of halogens is 1. The Morgan fingerprint density at radius 1 is 1.04 bits per heavy atom. The molecule has 4 aromatic rings. The lowest BCUT2D eigenvalue weighted by atomic mass is 10.2. The van der Waals surface area contributed by atoms with Gasteiger partial charge < -0.3 is 11.1 Å². The monoisotopic (exact) mass is 334 g/mol. The molecule has 2 heterocycles. The maximum Gasteiger partial charge on any atom is 0.135 e. The van der Waals surface area contributed by atoms with Crippen LogP contribution in [0.1, 0.15) is 5.56 Å². The summed E-state index contributed by atoms with van der Waals surface area (Å²) in [5.74, 6) is 0.798. The molecule has 0 aliphatic carbocycles. The van der Waals surface area contributed by atoms with Crippen molar-refractivity contribution in [3.05, 3.63) is 72.4 Å². The Labute approximate surface area is 143 Å². The Hall–Kier alpha value is -3.48. The molecule has 0 radical (unpaired) electrons. The first kappa shape index (κ1) is 15.1. The molecule has 25 heavy (non-hydrogen) atoms. The standard InChI is InChI=1S/C18H15FN6/c19-14-3-1-12(2-4-14)10-25-16-6-5-15(7-13(16)9-23-25)24-18-8-17(20)21-11-22-18/h1-9,11H,10H2,(H3,20,21,22,24). The molecule has 0 amide bonds. The number of nitrogens with one attached hydrogen (secondary N) is 1. The summed E-state index contributed by atoms with van der Waals surface area (Å²) >= 11 is 0. The summed E-state index contributed by atoms with van der Waals surface area (Å²) in [5.41, 5.74) is 8.53. The van der Waals surface area contributed by atoms with Crippen molar-refractivity contribution in [3.63, 3.8) is 0 Å². The summed E-state index contributed by atoms with van der Waals surface area (Å²) in [7, 11) is 0. The number of fused-ring (bicyclic) bond motifs is 1. The fraction of sp³-hybridized carbons (Fsp3) is 0.0556. The molecular weight excluding hydrogens is 319 g/mol. The van der Waals surface area contributed by atoms with Crippen molar-refractivity contribution in [3.8, 4) is 0 Å². The maximum atomic E-state index is 13.0. The first-order valence-electron chi connectivity index (χ1n) is 7.72. The van der Waals surface area contributed by atoms with Gasteiger partial charge >= 0.3 is 0 Å². The summed E-state index contributed by atoms with van der Waals surface area (Å²) in [6.45, 7) is 0.582. The van der Waals surface area contributed by atoms with E-state index in [0.29, 0.717) is 18.2 Å². The molecule has 3 N–H and O–H groups in total. The van der Waals surface area contributed by atoms with E-state index in [-0.39, 0.29) is 5.82 Å². The minimum absolute atomic E-state index is 0.241. The lowest BCUT2D eigenvalue weighted by molar-refractivity contribution is 0.625. The van der Waals surface area contributed by atoms with Gasteiger partial charge in [0.05, 0.1) is 18.3 Å². The molecule has 2 aromatic heterocycles. The second-order valence-electron chi connectivity index (χ2n) is 5.66. The number of aromatic nitrogens is 4. The number of nitrogen functional groups attached to an aromatic ring is 1. The van der Waals surface area contributed by atoms with Crippen LogP contribution in [0.25, 0.3) is 10.9 Å². The topological polar surface area (TPSA) is 81.6 Å². The summed E-state index contributed by atoms with van der Waals surface area (Å²) in [5, 5.41) is 8.61. The number of anilines is 3. The van der Waals surface area contributed by atoms with Crippen molar-refractivity contribution in [2.45, 2.75) is 6.54 Å². The van der Waals surface area contributed by atoms with Gasteiger partial charge in [-0.1, -0.05) is 12.1 Å². The Kier molecular flexibility index (Phi) is 3.74. The first-order chi connectivity index (χ1) is 12.2. The lowest BCUT2D eigenvalue weighted by Crippen LogP contribution is -2.01. The third-order valence-electron chi connectivity index (χ3n) is 3.85. The smallest absolute Gasteiger partial charge is 0.135 e. The van der Waals surface area contributed by atoms with Crippen LogP contribution in [0.4, 0.5) is 21.7 Å². The minimum atomic E-state index is -0.241. The molecule has 0 aliphatic rings. The average Bonchev–Trinajstić information content (AvgIpc) is 2.99. The molecule has 0 fully saturated rings. The Balaban J connectivity index is 1.59. The van der Waals surface area contributed by atoms with Gasteiger partial charge in [0.25, 0.3) is 0 Å². The average molecular weight is 334 g/mol. The molecule has 124 valence electrons. The molecule has 2 aromatic carbocycles. The molecule has 6 nitrogen and oxygen atoms in total. The number of nitrogens with zero attached hydrogens (tertiary/aromatic N) is 4. The fourth-order valence-corrected chi connectivity index (χ4v) is 2.64. The van der Waals surface area contributed by atoms with Gasteiger partial charge in [-0.15, -0.1) is 0 Å². The zero-order chi connectivity index (χ0) is 17.2. The van der Waals surface area contributed by atoms with Gasteiger partial charge in [0.2, 0.25) is 0 Å². The highest BCUT2D eigenvalue weighted by atomic mass is 19.1. The van der Waals surface area contributed by atoms with Crippen LogP contribution in [0.3, 0.4) is 0 Å². The molecule has 0 unspecified atom stereocenters. The summed E-state index contributed by atoms with van der Waals surface area (Å²) in [6, 6.07) is 14.0. The largest absolute Gasteiger partial charge is 0.384 e. The van der Waals surface area contributed by atoms with Crippen molar-refractivity contribution < 1.29 is 4.39 Å². The van der Waals surface area contributed by atoms with E-state index in [2.05, 4.69) is 20.4 Å². The fourth-order valence-electron chi connectivity index (χ4n) is 2.64. The van der Waals surface area contributed by atoms with Gasteiger partial charge in [-0.2, -0.15) is 5.10 Å². The van der Waals surface area contributed by atoms with Crippen LogP contribution in [0.5, 0.6) is 0 Å². The van der Waals surface area contributed by atoms with Crippen LogP contribution in [-0.2, 0) is 6.54 Å². The second kappa shape index (κ2) is 6.20. The molecule has 0 bridgehead atoms. The van der Waals surface area contributed by atoms with Crippen molar-refractivity contribution in [2.24, 2.45) is 0 Å². The van der Waals surface area contributed by atoms with E-state index in [9.17, 15) is 4.39 Å². The summed E-state index contributed by atoms with van der Waals surface area (Å²) in [6.07, 6.45) is 3.22. The van der Waals surface area contributed by atoms with Crippen LogP contribution in [0, 0.1) is 5.82 Å². The third kappa shape index (κ3) is 3.25. The number of hydrogen-bond acceptors (Lipinski definition) is 5. The van der Waals surface area contributed by atoms with Gasteiger partial charge in [-0.25, -0.2) is 14.4 Å². The van der Waals surface area contributed by atoms with Gasteiger partial charge in [0, 0.05) is 17.1 Å². The molecule has 0 saturated heterocycles. The molecule has 4 rings (SSSR count). The van der Waals surface area contributed by atoms with Crippen LogP contribution < -0.4 is 11.1 Å². The van der Waals surface area contributed by atoms with Crippen molar-refractivity contribution in [1.82, 2.24) is 19.7 Å². The highest BCUT2D eigenvalue weighted by Gasteiger charge is 2.06. The Bertz CT molecular complexity index is 1030. The normalized spacial score (nSPS) is 10.9.